The van der Waals surface area contributed by atoms with E-state index in [-0.39, 0.29) is 17.5 Å². The number of benzene rings is 1. The number of hydrogen-bond acceptors (Lipinski definition) is 5. The zero-order chi connectivity index (χ0) is 28.2. The Labute approximate surface area is 242 Å². The summed E-state index contributed by atoms with van der Waals surface area (Å²) in [4.78, 5) is 23.3. The van der Waals surface area contributed by atoms with Crippen molar-refractivity contribution in [1.29, 1.82) is 0 Å². The van der Waals surface area contributed by atoms with E-state index in [4.69, 9.17) is 9.72 Å². The van der Waals surface area contributed by atoms with Crippen LogP contribution in [0, 0.1) is 24.6 Å². The highest BCUT2D eigenvalue weighted by atomic mass is 19.1. The average Bonchev–Trinajstić information content (AvgIpc) is 3.32. The lowest BCUT2D eigenvalue weighted by Crippen LogP contribution is -2.30. The van der Waals surface area contributed by atoms with Crippen molar-refractivity contribution in [3.05, 3.63) is 58.5 Å². The number of aromatic nitrogens is 4. The maximum atomic E-state index is 14.1. The molecule has 220 valence electrons. The lowest BCUT2D eigenvalue weighted by atomic mass is 9.73. The smallest absolute Gasteiger partial charge is 0.333 e. The molecule has 3 aromatic rings. The predicted octanol–water partition coefficient (Wildman–Crippen LogP) is 7.23. The van der Waals surface area contributed by atoms with Crippen LogP contribution < -0.4 is 11.0 Å². The van der Waals surface area contributed by atoms with Gasteiger partial charge in [0.1, 0.15) is 5.82 Å². The minimum Gasteiger partial charge on any atom is -0.381 e. The van der Waals surface area contributed by atoms with Crippen molar-refractivity contribution in [2.75, 3.05) is 18.5 Å². The Morgan fingerprint density at radius 2 is 1.61 bits per heavy atom. The molecular weight excluding hydrogens is 517 g/mol. The minimum atomic E-state index is -0.287. The van der Waals surface area contributed by atoms with Crippen molar-refractivity contribution < 1.29 is 9.13 Å². The van der Waals surface area contributed by atoms with Gasteiger partial charge in [-0.2, -0.15) is 0 Å². The number of nitrogens with one attached hydrogen (secondary N) is 1. The maximum Gasteiger partial charge on any atom is 0.333 e. The van der Waals surface area contributed by atoms with Crippen LogP contribution in [0.2, 0.25) is 0 Å². The molecule has 1 aliphatic heterocycles. The number of imidazole rings is 1. The average molecular weight is 562 g/mol. The Morgan fingerprint density at radius 3 is 2.34 bits per heavy atom. The molecule has 2 saturated carbocycles. The van der Waals surface area contributed by atoms with Gasteiger partial charge in [-0.05, 0) is 87.1 Å². The summed E-state index contributed by atoms with van der Waals surface area (Å²) in [5.41, 5.74) is 2.36. The SMILES string of the molecule is Cc1cc(-n2c(-c3ccnc(NC4CCC(C5CCCCCCC5)CC4)n3)cn(C3CCOCC3)c2=O)ccc1F. The molecule has 0 spiro atoms. The molecule has 7 nitrogen and oxygen atoms in total. The summed E-state index contributed by atoms with van der Waals surface area (Å²) in [6.07, 6.45) is 20.0. The van der Waals surface area contributed by atoms with Crippen molar-refractivity contribution in [3.8, 4) is 17.1 Å². The van der Waals surface area contributed by atoms with Crippen LogP contribution in [-0.2, 0) is 4.74 Å². The molecule has 0 bridgehead atoms. The first-order valence-electron chi connectivity index (χ1n) is 15.8. The third kappa shape index (κ3) is 6.42. The molecular formula is C33H44FN5O2. The van der Waals surface area contributed by atoms with Gasteiger partial charge in [-0.3, -0.25) is 9.13 Å². The van der Waals surface area contributed by atoms with Crippen LogP contribution in [-0.4, -0.2) is 38.4 Å². The minimum absolute atomic E-state index is 0.0604. The topological polar surface area (TPSA) is 74.0 Å². The molecule has 3 fully saturated rings. The zero-order valence-electron chi connectivity index (χ0n) is 24.4. The Balaban J connectivity index is 1.22. The second kappa shape index (κ2) is 12.9. The summed E-state index contributed by atoms with van der Waals surface area (Å²) in [6, 6.07) is 7.09. The summed E-state index contributed by atoms with van der Waals surface area (Å²) >= 11 is 0. The molecule has 1 aromatic carbocycles. The van der Waals surface area contributed by atoms with Crippen LogP contribution in [0.1, 0.15) is 95.1 Å². The summed E-state index contributed by atoms with van der Waals surface area (Å²) in [6.45, 7) is 2.99. The van der Waals surface area contributed by atoms with Gasteiger partial charge >= 0.3 is 5.69 Å². The highest BCUT2D eigenvalue weighted by Crippen LogP contribution is 2.38. The fourth-order valence-corrected chi connectivity index (χ4v) is 7.33. The number of hydrogen-bond donors (Lipinski definition) is 1. The molecule has 1 N–H and O–H groups in total. The van der Waals surface area contributed by atoms with Gasteiger partial charge in [0.25, 0.3) is 0 Å². The van der Waals surface area contributed by atoms with Gasteiger partial charge in [0, 0.05) is 37.7 Å². The molecule has 2 aromatic heterocycles. The number of anilines is 1. The Bertz CT molecular complexity index is 1360. The molecule has 0 amide bonds. The van der Waals surface area contributed by atoms with E-state index in [1.165, 1.54) is 63.9 Å². The number of nitrogens with zero attached hydrogens (tertiary/aromatic N) is 4. The first-order chi connectivity index (χ1) is 20.1. The van der Waals surface area contributed by atoms with E-state index in [0.29, 0.717) is 47.8 Å². The fourth-order valence-electron chi connectivity index (χ4n) is 7.33. The van der Waals surface area contributed by atoms with E-state index >= 15 is 0 Å². The van der Waals surface area contributed by atoms with Crippen LogP contribution in [0.15, 0.2) is 41.5 Å². The highest BCUT2D eigenvalue weighted by molar-refractivity contribution is 5.59. The van der Waals surface area contributed by atoms with Crippen molar-refractivity contribution >= 4 is 5.95 Å². The van der Waals surface area contributed by atoms with E-state index in [2.05, 4.69) is 10.3 Å². The van der Waals surface area contributed by atoms with Gasteiger partial charge < -0.3 is 10.1 Å². The third-order valence-corrected chi connectivity index (χ3v) is 9.74. The number of halogens is 1. The summed E-state index contributed by atoms with van der Waals surface area (Å²) in [5.74, 6) is 2.08. The first-order valence-corrected chi connectivity index (χ1v) is 15.8. The molecule has 0 radical (unpaired) electrons. The number of ether oxygens (including phenoxy) is 1. The largest absolute Gasteiger partial charge is 0.381 e. The van der Waals surface area contributed by atoms with Crippen LogP contribution in [0.4, 0.5) is 10.3 Å². The second-order valence-corrected chi connectivity index (χ2v) is 12.4. The van der Waals surface area contributed by atoms with Gasteiger partial charge in [0.05, 0.1) is 17.1 Å². The summed E-state index contributed by atoms with van der Waals surface area (Å²) in [7, 11) is 0. The second-order valence-electron chi connectivity index (χ2n) is 12.4. The third-order valence-electron chi connectivity index (χ3n) is 9.74. The molecule has 6 rings (SSSR count). The summed E-state index contributed by atoms with van der Waals surface area (Å²) in [5, 5.41) is 3.61. The van der Waals surface area contributed by atoms with Crippen LogP contribution in [0.3, 0.4) is 0 Å². The molecule has 3 aliphatic rings. The standard InChI is InChI=1S/C33H44FN5O2/c1-23-21-28(13-14-29(23)34)39-31(22-38(33(39)40)27-16-19-41-20-17-27)30-15-18-35-32(37-30)36-26-11-9-25(10-12-26)24-7-5-3-2-4-6-8-24/h13-15,18,21-22,24-27H,2-12,16-17,19-20H2,1H3,(H,35,36,37). The molecule has 41 heavy (non-hydrogen) atoms. The number of rotatable bonds is 6. The van der Waals surface area contributed by atoms with Gasteiger partial charge in [0.15, 0.2) is 0 Å². The quantitative estimate of drug-likeness (QED) is 0.344. The van der Waals surface area contributed by atoms with E-state index in [1.807, 2.05) is 16.8 Å². The lowest BCUT2D eigenvalue weighted by molar-refractivity contribution is 0.0686. The van der Waals surface area contributed by atoms with E-state index in [9.17, 15) is 9.18 Å². The Morgan fingerprint density at radius 1 is 0.902 bits per heavy atom. The van der Waals surface area contributed by atoms with E-state index < -0.39 is 0 Å². The molecule has 8 heteroatoms. The Kier molecular flexibility index (Phi) is 8.84. The molecule has 3 heterocycles. The maximum absolute atomic E-state index is 14.1. The van der Waals surface area contributed by atoms with Crippen LogP contribution in [0.5, 0.6) is 0 Å². The van der Waals surface area contributed by atoms with Crippen molar-refractivity contribution in [1.82, 2.24) is 19.1 Å². The van der Waals surface area contributed by atoms with Crippen LogP contribution >= 0.6 is 0 Å². The Hall–Kier alpha value is -3.00. The predicted molar refractivity (Wildman–Crippen MR) is 160 cm³/mol. The lowest BCUT2D eigenvalue weighted by Gasteiger charge is -2.35. The van der Waals surface area contributed by atoms with Crippen molar-refractivity contribution in [2.45, 2.75) is 102 Å². The highest BCUT2D eigenvalue weighted by Gasteiger charge is 2.28. The van der Waals surface area contributed by atoms with E-state index in [1.54, 1.807) is 29.8 Å². The summed E-state index contributed by atoms with van der Waals surface area (Å²) < 4.78 is 23.2. The number of aryl methyl sites for hydroxylation is 1. The molecule has 2 aliphatic carbocycles. The molecule has 0 atom stereocenters. The zero-order valence-corrected chi connectivity index (χ0v) is 24.4. The monoisotopic (exact) mass is 561 g/mol. The molecule has 1 saturated heterocycles. The van der Waals surface area contributed by atoms with Crippen molar-refractivity contribution in [3.63, 3.8) is 0 Å². The van der Waals surface area contributed by atoms with Gasteiger partial charge in [0.2, 0.25) is 5.95 Å². The van der Waals surface area contributed by atoms with Crippen molar-refractivity contribution in [2.24, 2.45) is 11.8 Å². The van der Waals surface area contributed by atoms with Gasteiger partial charge in [-0.1, -0.05) is 44.9 Å². The molecule has 0 unspecified atom stereocenters. The van der Waals surface area contributed by atoms with Gasteiger partial charge in [-0.15, -0.1) is 0 Å². The first kappa shape index (κ1) is 28.1. The van der Waals surface area contributed by atoms with E-state index in [0.717, 1.165) is 37.5 Å². The fraction of sp³-hybridized carbons (Fsp3) is 0.606. The normalized spacial score (nSPS) is 23.2. The van der Waals surface area contributed by atoms with Gasteiger partial charge in [-0.25, -0.2) is 19.2 Å². The van der Waals surface area contributed by atoms with Crippen LogP contribution in [0.25, 0.3) is 17.1 Å².